The van der Waals surface area contributed by atoms with Crippen molar-refractivity contribution in [3.8, 4) is 23.1 Å². The van der Waals surface area contributed by atoms with Crippen molar-refractivity contribution in [3.63, 3.8) is 0 Å². The molecule has 0 aliphatic heterocycles. The second kappa shape index (κ2) is 9.13. The summed E-state index contributed by atoms with van der Waals surface area (Å²) >= 11 is 1.30. The Morgan fingerprint density at radius 2 is 1.86 bits per heavy atom. The smallest absolute Gasteiger partial charge is 0.221 e. The van der Waals surface area contributed by atoms with Crippen molar-refractivity contribution in [2.75, 3.05) is 12.4 Å². The minimum atomic E-state index is -0.915. The maximum absolute atomic E-state index is 12.7. The molecule has 2 aromatic carbocycles. The third-order valence-corrected chi connectivity index (χ3v) is 5.17. The van der Waals surface area contributed by atoms with Crippen molar-refractivity contribution < 1.29 is 14.3 Å². The van der Waals surface area contributed by atoms with Crippen LogP contribution in [0.5, 0.6) is 5.75 Å². The molecule has 6 nitrogen and oxygen atoms in total. The molecular formula is C22H19N3O3S. The van der Waals surface area contributed by atoms with E-state index >= 15 is 0 Å². The predicted octanol–water partition coefficient (Wildman–Crippen LogP) is 4.20. The molecule has 29 heavy (non-hydrogen) atoms. The lowest BCUT2D eigenvalue weighted by Crippen LogP contribution is -2.13. The van der Waals surface area contributed by atoms with Crippen LogP contribution in [0.25, 0.3) is 11.3 Å². The number of nitriles is 1. The van der Waals surface area contributed by atoms with Crippen molar-refractivity contribution in [1.29, 1.82) is 5.26 Å². The second-order valence-corrected chi connectivity index (χ2v) is 7.27. The maximum atomic E-state index is 12.7. The minimum absolute atomic E-state index is 0.121. The number of methoxy groups -OCH3 is 1. The maximum Gasteiger partial charge on any atom is 0.221 e. The summed E-state index contributed by atoms with van der Waals surface area (Å²) < 4.78 is 5.15. The van der Waals surface area contributed by atoms with Gasteiger partial charge in [-0.1, -0.05) is 12.1 Å². The fraction of sp³-hybridized carbons (Fsp3) is 0.182. The van der Waals surface area contributed by atoms with Crippen molar-refractivity contribution >= 4 is 28.7 Å². The molecule has 0 saturated heterocycles. The molecule has 7 heteroatoms. The van der Waals surface area contributed by atoms with E-state index in [0.717, 1.165) is 22.6 Å². The summed E-state index contributed by atoms with van der Waals surface area (Å²) in [4.78, 5) is 28.3. The van der Waals surface area contributed by atoms with Gasteiger partial charge in [0, 0.05) is 30.0 Å². The van der Waals surface area contributed by atoms with Crippen LogP contribution in [-0.4, -0.2) is 23.8 Å². The Hall–Kier alpha value is -3.50. The quantitative estimate of drug-likeness (QED) is 0.636. The molecule has 3 rings (SSSR count). The van der Waals surface area contributed by atoms with Gasteiger partial charge in [-0.15, -0.1) is 11.3 Å². The number of hydrogen-bond acceptors (Lipinski definition) is 6. The number of aromatic nitrogens is 1. The molecule has 3 aromatic rings. The average Bonchev–Trinajstić information content (AvgIpc) is 3.19. The van der Waals surface area contributed by atoms with Gasteiger partial charge in [0.25, 0.3) is 0 Å². The number of ketones is 1. The van der Waals surface area contributed by atoms with Gasteiger partial charge in [-0.25, -0.2) is 4.98 Å². The van der Waals surface area contributed by atoms with Gasteiger partial charge < -0.3 is 10.1 Å². The topological polar surface area (TPSA) is 92.1 Å². The van der Waals surface area contributed by atoms with Gasteiger partial charge in [0.2, 0.25) is 5.91 Å². The Balaban J connectivity index is 1.72. The fourth-order valence-corrected chi connectivity index (χ4v) is 3.68. The van der Waals surface area contributed by atoms with Gasteiger partial charge >= 0.3 is 0 Å². The van der Waals surface area contributed by atoms with Gasteiger partial charge in [-0.2, -0.15) is 5.26 Å². The summed E-state index contributed by atoms with van der Waals surface area (Å²) in [6.07, 6.45) is 0.121. The van der Waals surface area contributed by atoms with Crippen LogP contribution in [0.3, 0.4) is 0 Å². The van der Waals surface area contributed by atoms with E-state index in [1.165, 1.54) is 18.3 Å². The van der Waals surface area contributed by atoms with Crippen LogP contribution in [0.4, 0.5) is 5.69 Å². The van der Waals surface area contributed by atoms with Crippen molar-refractivity contribution in [3.05, 3.63) is 64.5 Å². The molecule has 0 aliphatic rings. The first-order valence-electron chi connectivity index (χ1n) is 8.89. The van der Waals surface area contributed by atoms with E-state index < -0.39 is 5.92 Å². The lowest BCUT2D eigenvalue weighted by Gasteiger charge is -2.07. The van der Waals surface area contributed by atoms with Crippen LogP contribution in [0, 0.1) is 11.3 Å². The van der Waals surface area contributed by atoms with E-state index in [-0.39, 0.29) is 18.1 Å². The molecule has 0 spiro atoms. The van der Waals surface area contributed by atoms with Gasteiger partial charge in [0.1, 0.15) is 10.8 Å². The molecule has 1 unspecified atom stereocenters. The lowest BCUT2D eigenvalue weighted by molar-refractivity contribution is -0.118. The number of hydrogen-bond donors (Lipinski definition) is 1. The molecule has 1 N–H and O–H groups in total. The highest BCUT2D eigenvalue weighted by atomic mass is 32.1. The Bertz CT molecular complexity index is 1050. The van der Waals surface area contributed by atoms with E-state index in [0.29, 0.717) is 10.7 Å². The zero-order valence-corrected chi connectivity index (χ0v) is 16.8. The van der Waals surface area contributed by atoms with E-state index in [9.17, 15) is 14.9 Å². The number of rotatable bonds is 7. The largest absolute Gasteiger partial charge is 0.497 e. The summed E-state index contributed by atoms with van der Waals surface area (Å²) in [7, 11) is 1.60. The Morgan fingerprint density at radius 1 is 1.17 bits per heavy atom. The molecule has 1 atom stereocenters. The number of nitrogens with zero attached hydrogens (tertiary/aromatic N) is 2. The first-order valence-corrected chi connectivity index (χ1v) is 9.77. The molecule has 0 bridgehead atoms. The average molecular weight is 405 g/mol. The Labute approximate surface area is 172 Å². The number of nitrogens with one attached hydrogen (secondary N) is 1. The fourth-order valence-electron chi connectivity index (χ4n) is 2.79. The number of carbonyl (C=O) groups excluding carboxylic acids is 2. The second-order valence-electron chi connectivity index (χ2n) is 6.38. The van der Waals surface area contributed by atoms with Crippen LogP contribution in [0.15, 0.2) is 53.9 Å². The summed E-state index contributed by atoms with van der Waals surface area (Å²) in [5.41, 5.74) is 3.05. The molecule has 0 aliphatic carbocycles. The highest BCUT2D eigenvalue weighted by Gasteiger charge is 2.24. The van der Waals surface area contributed by atoms with Crippen LogP contribution in [0.1, 0.15) is 23.4 Å². The van der Waals surface area contributed by atoms with Gasteiger partial charge in [-0.3, -0.25) is 9.59 Å². The Kier molecular flexibility index (Phi) is 6.37. The number of anilines is 1. The molecule has 0 saturated carbocycles. The van der Waals surface area contributed by atoms with Gasteiger partial charge in [0.15, 0.2) is 11.7 Å². The molecule has 146 valence electrons. The zero-order chi connectivity index (χ0) is 20.8. The first kappa shape index (κ1) is 20.2. The monoisotopic (exact) mass is 405 g/mol. The molecule has 0 fully saturated rings. The highest BCUT2D eigenvalue weighted by molar-refractivity contribution is 7.10. The van der Waals surface area contributed by atoms with Crippen molar-refractivity contribution in [2.24, 2.45) is 0 Å². The van der Waals surface area contributed by atoms with Gasteiger partial charge in [-0.05, 0) is 42.0 Å². The van der Waals surface area contributed by atoms with Crippen LogP contribution in [0.2, 0.25) is 0 Å². The van der Waals surface area contributed by atoms with E-state index in [4.69, 9.17) is 4.74 Å². The SMILES string of the molecule is COc1ccc(-c2csc(C(C#N)C(=O)Cc3ccc(NC(C)=O)cc3)n2)cc1. The molecule has 1 aromatic heterocycles. The third-order valence-electron chi connectivity index (χ3n) is 4.26. The highest BCUT2D eigenvalue weighted by Crippen LogP contribution is 2.28. The van der Waals surface area contributed by atoms with Crippen molar-refractivity contribution in [1.82, 2.24) is 4.98 Å². The summed E-state index contributed by atoms with van der Waals surface area (Å²) in [5.74, 6) is -0.536. The molecule has 1 heterocycles. The van der Waals surface area contributed by atoms with Gasteiger partial charge in [0.05, 0.1) is 18.9 Å². The lowest BCUT2D eigenvalue weighted by atomic mass is 9.99. The predicted molar refractivity (Wildman–Crippen MR) is 112 cm³/mol. The summed E-state index contributed by atoms with van der Waals surface area (Å²) in [6.45, 7) is 1.43. The number of carbonyl (C=O) groups is 2. The standard InChI is InChI=1S/C22H19N3O3S/c1-14(26)24-17-7-3-15(4-8-17)11-21(27)19(12-23)22-25-20(13-29-22)16-5-9-18(28-2)10-6-16/h3-10,13,19H,11H2,1-2H3,(H,24,26). The summed E-state index contributed by atoms with van der Waals surface area (Å²) in [6, 6.07) is 16.5. The van der Waals surface area contributed by atoms with E-state index in [2.05, 4.69) is 16.4 Å². The number of Topliss-reactive ketones (excluding diaryl/α,β-unsaturated/α-hetero) is 1. The van der Waals surface area contributed by atoms with Crippen molar-refractivity contribution in [2.45, 2.75) is 19.3 Å². The Morgan fingerprint density at radius 3 is 2.45 bits per heavy atom. The molecule has 0 radical (unpaired) electrons. The normalized spacial score (nSPS) is 11.3. The van der Waals surface area contributed by atoms with Crippen LogP contribution < -0.4 is 10.1 Å². The third kappa shape index (κ3) is 5.06. The van der Waals surface area contributed by atoms with E-state index in [1.807, 2.05) is 29.6 Å². The van der Waals surface area contributed by atoms with Crippen LogP contribution >= 0.6 is 11.3 Å². The number of amides is 1. The molecular weight excluding hydrogens is 386 g/mol. The summed E-state index contributed by atoms with van der Waals surface area (Å²) in [5, 5.41) is 14.6. The molecule has 1 amide bonds. The zero-order valence-electron chi connectivity index (χ0n) is 16.0. The minimum Gasteiger partial charge on any atom is -0.497 e. The van der Waals surface area contributed by atoms with E-state index in [1.54, 1.807) is 31.4 Å². The number of thiazole rings is 1. The number of benzene rings is 2. The first-order chi connectivity index (χ1) is 14.0. The number of ether oxygens (including phenoxy) is 1. The van der Waals surface area contributed by atoms with Crippen LogP contribution in [-0.2, 0) is 16.0 Å².